The molecule has 1 heterocycles. The van der Waals surface area contributed by atoms with Crippen LogP contribution in [-0.4, -0.2) is 29.5 Å². The van der Waals surface area contributed by atoms with Crippen molar-refractivity contribution in [2.45, 2.75) is 12.5 Å². The van der Waals surface area contributed by atoms with Gasteiger partial charge in [-0.1, -0.05) is 0 Å². The first-order valence-corrected chi connectivity index (χ1v) is 2.94. The molecule has 0 aromatic rings. The third-order valence-corrected chi connectivity index (χ3v) is 1.34. The maximum absolute atomic E-state index is 8.96. The molecule has 0 saturated carbocycles. The lowest BCUT2D eigenvalue weighted by molar-refractivity contribution is 0.121. The number of aliphatic hydroxyl groups is 2. The molecule has 1 atom stereocenters. The van der Waals surface area contributed by atoms with Crippen LogP contribution in [0.4, 0.5) is 0 Å². The fourth-order valence-corrected chi connectivity index (χ4v) is 0.764. The number of rotatable bonds is 2. The summed E-state index contributed by atoms with van der Waals surface area (Å²) in [5.74, 6) is 0. The van der Waals surface area contributed by atoms with Crippen molar-refractivity contribution < 1.29 is 14.9 Å². The lowest BCUT2D eigenvalue weighted by Crippen LogP contribution is -2.13. The Hall–Kier alpha value is -0.540. The van der Waals surface area contributed by atoms with Crippen LogP contribution in [0.25, 0.3) is 0 Å². The summed E-state index contributed by atoms with van der Waals surface area (Å²) in [6.07, 6.45) is 1.54. The van der Waals surface area contributed by atoms with E-state index in [1.54, 1.807) is 0 Å². The van der Waals surface area contributed by atoms with Crippen molar-refractivity contribution in [3.63, 3.8) is 0 Å². The fourth-order valence-electron chi connectivity index (χ4n) is 0.764. The standard InChI is InChI=1S/C6H10O3/c7-3-6(8)5-1-2-9-4-5/h4,6-8H,1-3H2/t6-/m1/s1. The zero-order valence-electron chi connectivity index (χ0n) is 5.08. The number of hydrogen-bond acceptors (Lipinski definition) is 3. The summed E-state index contributed by atoms with van der Waals surface area (Å²) in [4.78, 5) is 0. The van der Waals surface area contributed by atoms with Gasteiger partial charge in [0.2, 0.25) is 0 Å². The van der Waals surface area contributed by atoms with Gasteiger partial charge in [0.25, 0.3) is 0 Å². The minimum absolute atomic E-state index is 0.213. The Morgan fingerprint density at radius 1 is 1.78 bits per heavy atom. The van der Waals surface area contributed by atoms with Crippen LogP contribution in [0.1, 0.15) is 6.42 Å². The van der Waals surface area contributed by atoms with Crippen LogP contribution in [-0.2, 0) is 4.74 Å². The van der Waals surface area contributed by atoms with E-state index in [4.69, 9.17) is 14.9 Å². The molecule has 0 fully saturated rings. The van der Waals surface area contributed by atoms with Gasteiger partial charge in [-0.2, -0.15) is 0 Å². The van der Waals surface area contributed by atoms with E-state index in [2.05, 4.69) is 0 Å². The van der Waals surface area contributed by atoms with E-state index < -0.39 is 6.10 Å². The van der Waals surface area contributed by atoms with Gasteiger partial charge < -0.3 is 14.9 Å². The van der Waals surface area contributed by atoms with Crippen molar-refractivity contribution in [2.24, 2.45) is 0 Å². The molecule has 3 nitrogen and oxygen atoms in total. The van der Waals surface area contributed by atoms with E-state index in [9.17, 15) is 0 Å². The van der Waals surface area contributed by atoms with Crippen molar-refractivity contribution in [1.82, 2.24) is 0 Å². The van der Waals surface area contributed by atoms with Crippen LogP contribution in [0.15, 0.2) is 11.8 Å². The molecule has 0 bridgehead atoms. The molecule has 52 valence electrons. The zero-order valence-corrected chi connectivity index (χ0v) is 5.08. The number of hydrogen-bond donors (Lipinski definition) is 2. The molecule has 0 spiro atoms. The van der Waals surface area contributed by atoms with Crippen LogP contribution >= 0.6 is 0 Å². The highest BCUT2D eigenvalue weighted by molar-refractivity contribution is 5.07. The predicted molar refractivity (Wildman–Crippen MR) is 31.7 cm³/mol. The largest absolute Gasteiger partial charge is 0.501 e. The first-order chi connectivity index (χ1) is 4.34. The molecule has 0 unspecified atom stereocenters. The summed E-state index contributed by atoms with van der Waals surface area (Å²) in [5, 5.41) is 17.4. The molecule has 9 heavy (non-hydrogen) atoms. The van der Waals surface area contributed by atoms with Crippen molar-refractivity contribution >= 4 is 0 Å². The van der Waals surface area contributed by atoms with E-state index in [0.29, 0.717) is 6.61 Å². The van der Waals surface area contributed by atoms with Crippen LogP contribution in [0.2, 0.25) is 0 Å². The van der Waals surface area contributed by atoms with E-state index >= 15 is 0 Å². The lowest BCUT2D eigenvalue weighted by Gasteiger charge is -2.03. The SMILES string of the molecule is OC[C@@H](O)C1=COCC1. The van der Waals surface area contributed by atoms with Gasteiger partial charge in [-0.25, -0.2) is 0 Å². The lowest BCUT2D eigenvalue weighted by atomic mass is 10.1. The van der Waals surface area contributed by atoms with E-state index in [1.807, 2.05) is 0 Å². The molecule has 1 aliphatic heterocycles. The Bertz CT molecular complexity index is 119. The van der Waals surface area contributed by atoms with E-state index in [0.717, 1.165) is 12.0 Å². The van der Waals surface area contributed by atoms with Gasteiger partial charge in [-0.15, -0.1) is 0 Å². The smallest absolute Gasteiger partial charge is 0.101 e. The molecule has 0 radical (unpaired) electrons. The zero-order chi connectivity index (χ0) is 6.69. The molecular formula is C6H10O3. The second kappa shape index (κ2) is 2.85. The monoisotopic (exact) mass is 130 g/mol. The van der Waals surface area contributed by atoms with Gasteiger partial charge in [-0.05, 0) is 5.57 Å². The topological polar surface area (TPSA) is 49.7 Å². The molecule has 0 amide bonds. The van der Waals surface area contributed by atoms with E-state index in [1.165, 1.54) is 6.26 Å². The van der Waals surface area contributed by atoms with Crippen molar-refractivity contribution in [3.05, 3.63) is 11.8 Å². The van der Waals surface area contributed by atoms with Gasteiger partial charge in [0.05, 0.1) is 19.5 Å². The third-order valence-electron chi connectivity index (χ3n) is 1.34. The highest BCUT2D eigenvalue weighted by Crippen LogP contribution is 2.13. The normalized spacial score (nSPS) is 20.9. The molecule has 2 N–H and O–H groups in total. The first-order valence-electron chi connectivity index (χ1n) is 2.94. The second-order valence-corrected chi connectivity index (χ2v) is 2.01. The van der Waals surface area contributed by atoms with Crippen molar-refractivity contribution in [3.8, 4) is 0 Å². The summed E-state index contributed by atoms with van der Waals surface area (Å²) >= 11 is 0. The summed E-state index contributed by atoms with van der Waals surface area (Å²) in [6.45, 7) is 0.418. The minimum atomic E-state index is -0.715. The quantitative estimate of drug-likeness (QED) is 0.537. The molecule has 0 aliphatic carbocycles. The molecule has 1 aliphatic rings. The Morgan fingerprint density at radius 3 is 3.00 bits per heavy atom. The van der Waals surface area contributed by atoms with E-state index in [-0.39, 0.29) is 6.61 Å². The van der Waals surface area contributed by atoms with Crippen LogP contribution in [0, 0.1) is 0 Å². The van der Waals surface area contributed by atoms with Gasteiger partial charge in [0.15, 0.2) is 0 Å². The maximum Gasteiger partial charge on any atom is 0.101 e. The molecule has 0 saturated heterocycles. The Morgan fingerprint density at radius 2 is 2.56 bits per heavy atom. The highest BCUT2D eigenvalue weighted by Gasteiger charge is 2.13. The second-order valence-electron chi connectivity index (χ2n) is 2.01. The van der Waals surface area contributed by atoms with Crippen molar-refractivity contribution in [1.29, 1.82) is 0 Å². The Balaban J connectivity index is 2.40. The molecular weight excluding hydrogens is 120 g/mol. The summed E-state index contributed by atoms with van der Waals surface area (Å²) in [7, 11) is 0. The molecule has 0 aromatic heterocycles. The number of ether oxygens (including phenoxy) is 1. The minimum Gasteiger partial charge on any atom is -0.501 e. The molecule has 0 aromatic carbocycles. The fraction of sp³-hybridized carbons (Fsp3) is 0.667. The predicted octanol–water partition coefficient (Wildman–Crippen LogP) is -0.356. The summed E-state index contributed by atoms with van der Waals surface area (Å²) in [6, 6.07) is 0. The average Bonchev–Trinajstić information content (AvgIpc) is 2.37. The van der Waals surface area contributed by atoms with Crippen LogP contribution in [0.5, 0.6) is 0 Å². The number of aliphatic hydroxyl groups excluding tert-OH is 2. The van der Waals surface area contributed by atoms with Gasteiger partial charge in [0, 0.05) is 6.42 Å². The maximum atomic E-state index is 8.96. The third kappa shape index (κ3) is 1.43. The molecule has 1 rings (SSSR count). The van der Waals surface area contributed by atoms with Gasteiger partial charge in [0.1, 0.15) is 6.10 Å². The summed E-state index contributed by atoms with van der Waals surface area (Å²) < 4.78 is 4.85. The van der Waals surface area contributed by atoms with Crippen LogP contribution in [0.3, 0.4) is 0 Å². The Kier molecular flexibility index (Phi) is 2.08. The first kappa shape index (κ1) is 6.58. The van der Waals surface area contributed by atoms with Crippen molar-refractivity contribution in [2.75, 3.05) is 13.2 Å². The van der Waals surface area contributed by atoms with Gasteiger partial charge >= 0.3 is 0 Å². The highest BCUT2D eigenvalue weighted by atomic mass is 16.5. The Labute approximate surface area is 53.6 Å². The average molecular weight is 130 g/mol. The molecule has 3 heteroatoms. The summed E-state index contributed by atoms with van der Waals surface area (Å²) in [5.41, 5.74) is 0.789. The van der Waals surface area contributed by atoms with Crippen LogP contribution < -0.4 is 0 Å². The van der Waals surface area contributed by atoms with Gasteiger partial charge in [-0.3, -0.25) is 0 Å².